The van der Waals surface area contributed by atoms with Gasteiger partial charge in [-0.3, -0.25) is 0 Å². The van der Waals surface area contributed by atoms with Crippen LogP contribution in [0.15, 0.2) is 23.3 Å². The van der Waals surface area contributed by atoms with Crippen LogP contribution >= 0.6 is 0 Å². The van der Waals surface area contributed by atoms with Crippen LogP contribution in [0.3, 0.4) is 0 Å². The number of ether oxygens (including phenoxy) is 1. The third-order valence-electron chi connectivity index (χ3n) is 7.14. The lowest BCUT2D eigenvalue weighted by atomic mass is 9.46. The van der Waals surface area contributed by atoms with Gasteiger partial charge in [0.2, 0.25) is 0 Å². The average Bonchev–Trinajstić information content (AvgIpc) is 2.94. The van der Waals surface area contributed by atoms with Crippen LogP contribution < -0.4 is 0 Å². The predicted octanol–water partition coefficient (Wildman–Crippen LogP) is 4.11. The Kier molecular flexibility index (Phi) is 4.35. The Morgan fingerprint density at radius 2 is 2.12 bits per heavy atom. The number of allylic oxidation sites excluding steroid dienone is 1. The van der Waals surface area contributed by atoms with Gasteiger partial charge in [0.15, 0.2) is 0 Å². The molecule has 0 aromatic heterocycles. The number of hydrogen-bond donors (Lipinski definition) is 1. The van der Waals surface area contributed by atoms with E-state index < -0.39 is 5.97 Å². The van der Waals surface area contributed by atoms with Crippen LogP contribution in [0.25, 0.3) is 0 Å². The first kappa shape index (κ1) is 17.2. The van der Waals surface area contributed by atoms with E-state index in [1.54, 1.807) is 6.08 Å². The molecule has 4 heteroatoms. The van der Waals surface area contributed by atoms with Gasteiger partial charge in [0.1, 0.15) is 6.61 Å². The van der Waals surface area contributed by atoms with Crippen LogP contribution in [0, 0.1) is 22.7 Å². The van der Waals surface area contributed by atoms with Crippen molar-refractivity contribution < 1.29 is 19.4 Å². The van der Waals surface area contributed by atoms with E-state index in [1.165, 1.54) is 0 Å². The number of fused-ring (bicyclic) bond motifs is 1. The van der Waals surface area contributed by atoms with Crippen molar-refractivity contribution in [3.63, 3.8) is 0 Å². The largest absolute Gasteiger partial charge is 0.478 e. The minimum Gasteiger partial charge on any atom is -0.478 e. The zero-order valence-corrected chi connectivity index (χ0v) is 14.9. The minimum atomic E-state index is -0.753. The van der Waals surface area contributed by atoms with Gasteiger partial charge in [-0.2, -0.15) is 0 Å². The predicted molar refractivity (Wildman–Crippen MR) is 91.3 cm³/mol. The lowest BCUT2D eigenvalue weighted by molar-refractivity contribution is -0.137. The molecule has 4 atom stereocenters. The van der Waals surface area contributed by atoms with Gasteiger partial charge < -0.3 is 9.84 Å². The van der Waals surface area contributed by atoms with Crippen molar-refractivity contribution in [1.82, 2.24) is 0 Å². The molecule has 1 N–H and O–H groups in total. The topological polar surface area (TPSA) is 63.6 Å². The molecule has 1 saturated carbocycles. The summed E-state index contributed by atoms with van der Waals surface area (Å²) >= 11 is 0. The monoisotopic (exact) mass is 332 g/mol. The maximum absolute atomic E-state index is 11.8. The Morgan fingerprint density at radius 3 is 2.75 bits per heavy atom. The lowest BCUT2D eigenvalue weighted by Gasteiger charge is -2.57. The van der Waals surface area contributed by atoms with Gasteiger partial charge in [-0.15, -0.1) is 0 Å². The van der Waals surface area contributed by atoms with Gasteiger partial charge in [0.25, 0.3) is 0 Å². The molecule has 4 nitrogen and oxygen atoms in total. The van der Waals surface area contributed by atoms with Crippen LogP contribution in [0.4, 0.5) is 0 Å². The van der Waals surface area contributed by atoms with Gasteiger partial charge in [-0.05, 0) is 61.3 Å². The molecule has 0 amide bonds. The van der Waals surface area contributed by atoms with Gasteiger partial charge in [0.05, 0.1) is 0 Å². The highest BCUT2D eigenvalue weighted by atomic mass is 16.5. The molecule has 0 unspecified atom stereocenters. The zero-order valence-electron chi connectivity index (χ0n) is 14.9. The highest BCUT2D eigenvalue weighted by Crippen LogP contribution is 2.62. The van der Waals surface area contributed by atoms with Gasteiger partial charge in [0, 0.05) is 17.1 Å². The van der Waals surface area contributed by atoms with E-state index in [-0.39, 0.29) is 16.8 Å². The summed E-state index contributed by atoms with van der Waals surface area (Å²) in [6.07, 6.45) is 9.35. The summed E-state index contributed by atoms with van der Waals surface area (Å²) in [5.74, 6) is -0.0483. The fourth-order valence-electron chi connectivity index (χ4n) is 5.43. The Balaban J connectivity index is 1.85. The molecule has 0 bridgehead atoms. The lowest BCUT2D eigenvalue weighted by Crippen LogP contribution is -2.51. The Bertz CT molecular complexity index is 617. The van der Waals surface area contributed by atoms with Gasteiger partial charge >= 0.3 is 11.9 Å². The molecule has 0 aromatic carbocycles. The molecule has 0 saturated heterocycles. The number of carboxylic acid groups (broad SMARTS) is 1. The van der Waals surface area contributed by atoms with Crippen LogP contribution in [0.5, 0.6) is 0 Å². The molecule has 1 heterocycles. The summed E-state index contributed by atoms with van der Waals surface area (Å²) in [7, 11) is 0. The molecular weight excluding hydrogens is 304 g/mol. The number of hydrogen-bond acceptors (Lipinski definition) is 3. The van der Waals surface area contributed by atoms with E-state index in [9.17, 15) is 14.7 Å². The van der Waals surface area contributed by atoms with E-state index in [2.05, 4.69) is 20.8 Å². The highest BCUT2D eigenvalue weighted by Gasteiger charge is 2.55. The summed E-state index contributed by atoms with van der Waals surface area (Å²) in [6.45, 7) is 7.22. The summed E-state index contributed by atoms with van der Waals surface area (Å²) < 4.78 is 5.02. The summed E-state index contributed by atoms with van der Waals surface area (Å²) in [5, 5.41) is 9.68. The van der Waals surface area contributed by atoms with Crippen molar-refractivity contribution in [3.8, 4) is 0 Å². The van der Waals surface area contributed by atoms with Crippen LogP contribution in [0.1, 0.15) is 59.3 Å². The highest BCUT2D eigenvalue weighted by molar-refractivity contribution is 5.88. The molecular formula is C20H28O4. The van der Waals surface area contributed by atoms with E-state index >= 15 is 0 Å². The first-order valence-electron chi connectivity index (χ1n) is 9.07. The number of carboxylic acids is 1. The minimum absolute atomic E-state index is 0.0917. The number of carbonyl (C=O) groups is 2. The Morgan fingerprint density at radius 1 is 1.38 bits per heavy atom. The zero-order chi connectivity index (χ0) is 17.5. The molecule has 1 fully saturated rings. The molecule has 132 valence electrons. The maximum atomic E-state index is 11.8. The summed E-state index contributed by atoms with van der Waals surface area (Å²) in [5.41, 5.74) is 1.55. The second kappa shape index (κ2) is 6.05. The first-order valence-corrected chi connectivity index (χ1v) is 9.07. The number of cyclic esters (lactones) is 1. The number of esters is 1. The van der Waals surface area contributed by atoms with Crippen molar-refractivity contribution in [1.29, 1.82) is 0 Å². The second-order valence-electron chi connectivity index (χ2n) is 8.33. The molecule has 0 spiro atoms. The second-order valence-corrected chi connectivity index (χ2v) is 8.33. The Labute approximate surface area is 144 Å². The maximum Gasteiger partial charge on any atom is 0.331 e. The third kappa shape index (κ3) is 2.70. The summed E-state index contributed by atoms with van der Waals surface area (Å²) in [6, 6.07) is 0. The van der Waals surface area contributed by atoms with Crippen molar-refractivity contribution in [2.75, 3.05) is 6.61 Å². The van der Waals surface area contributed by atoms with Crippen LogP contribution in [-0.2, 0) is 14.3 Å². The van der Waals surface area contributed by atoms with Crippen molar-refractivity contribution in [2.45, 2.75) is 59.3 Å². The number of carbonyl (C=O) groups excluding carboxylic acids is 1. The van der Waals surface area contributed by atoms with Crippen molar-refractivity contribution in [2.24, 2.45) is 22.7 Å². The fourth-order valence-corrected chi connectivity index (χ4v) is 5.43. The Hall–Kier alpha value is -1.58. The van der Waals surface area contributed by atoms with Gasteiger partial charge in [-0.1, -0.05) is 26.8 Å². The standard InChI is InChI=1S/C20H28O4/c1-13-7-9-20(3)15(18(22)23)5-4-6-16(20)19(13,2)10-8-14-11-17(21)24-12-14/h5,11,13,16H,4,6-10,12H2,1-3H3,(H,22,23)/t13-,16-,19+,20-/m1/s1. The smallest absolute Gasteiger partial charge is 0.331 e. The fraction of sp³-hybridized carbons (Fsp3) is 0.700. The third-order valence-corrected chi connectivity index (χ3v) is 7.14. The molecule has 0 radical (unpaired) electrons. The van der Waals surface area contributed by atoms with Crippen molar-refractivity contribution in [3.05, 3.63) is 23.3 Å². The van der Waals surface area contributed by atoms with E-state index in [0.29, 0.717) is 24.0 Å². The molecule has 24 heavy (non-hydrogen) atoms. The number of rotatable bonds is 4. The molecule has 3 aliphatic rings. The van der Waals surface area contributed by atoms with Gasteiger partial charge in [-0.25, -0.2) is 9.59 Å². The average molecular weight is 332 g/mol. The molecule has 3 rings (SSSR count). The first-order chi connectivity index (χ1) is 11.3. The van der Waals surface area contributed by atoms with E-state index in [1.807, 2.05) is 6.08 Å². The van der Waals surface area contributed by atoms with Crippen molar-refractivity contribution >= 4 is 11.9 Å². The van der Waals surface area contributed by atoms with E-state index in [4.69, 9.17) is 4.74 Å². The SMILES string of the molecule is C[C@@H]1CC[C@]2(C)C(C(=O)O)=CCC[C@@H]2[C@@]1(C)CCC1=CC(=O)OC1. The van der Waals surface area contributed by atoms with Crippen LogP contribution in [0.2, 0.25) is 0 Å². The molecule has 2 aliphatic carbocycles. The quantitative estimate of drug-likeness (QED) is 0.787. The molecule has 1 aliphatic heterocycles. The summed E-state index contributed by atoms with van der Waals surface area (Å²) in [4.78, 5) is 23.1. The van der Waals surface area contributed by atoms with E-state index in [0.717, 1.165) is 44.1 Å². The normalized spacial score (nSPS) is 38.9. The molecule has 0 aromatic rings. The van der Waals surface area contributed by atoms with Crippen LogP contribution in [-0.4, -0.2) is 23.7 Å². The number of aliphatic carboxylic acids is 1.